The standard InChI is InChI=1S/C30H26/c1-18-8-6-12-26-27-13-7-9-19(2)29(27)30(28(18)26)20(3)21-14-15-25-23(16-21)17-22-10-4-5-11-24(22)25/h4-16,20,30H,17H2,1-3H3. The van der Waals surface area contributed by atoms with Crippen molar-refractivity contribution in [1.29, 1.82) is 0 Å². The summed E-state index contributed by atoms with van der Waals surface area (Å²) in [6, 6.07) is 29.7. The maximum absolute atomic E-state index is 2.48. The van der Waals surface area contributed by atoms with Crippen LogP contribution in [0.3, 0.4) is 0 Å². The Morgan fingerprint density at radius 2 is 1.23 bits per heavy atom. The normalized spacial score (nSPS) is 14.8. The van der Waals surface area contributed by atoms with E-state index in [1.165, 1.54) is 61.2 Å². The summed E-state index contributed by atoms with van der Waals surface area (Å²) in [4.78, 5) is 0. The van der Waals surface area contributed by atoms with Crippen molar-refractivity contribution in [1.82, 2.24) is 0 Å². The molecule has 30 heavy (non-hydrogen) atoms. The monoisotopic (exact) mass is 386 g/mol. The van der Waals surface area contributed by atoms with E-state index in [0.717, 1.165) is 6.42 Å². The van der Waals surface area contributed by atoms with E-state index in [-0.39, 0.29) is 0 Å². The lowest BCUT2D eigenvalue weighted by Gasteiger charge is -2.25. The Kier molecular flexibility index (Phi) is 3.80. The fourth-order valence-corrected chi connectivity index (χ4v) is 5.94. The molecule has 0 radical (unpaired) electrons. The molecular formula is C30H26. The van der Waals surface area contributed by atoms with Crippen LogP contribution < -0.4 is 0 Å². The lowest BCUT2D eigenvalue weighted by Crippen LogP contribution is -2.10. The van der Waals surface area contributed by atoms with Gasteiger partial charge in [-0.25, -0.2) is 0 Å². The highest BCUT2D eigenvalue weighted by molar-refractivity contribution is 5.82. The highest BCUT2D eigenvalue weighted by Crippen LogP contribution is 2.53. The van der Waals surface area contributed by atoms with Crippen LogP contribution in [-0.2, 0) is 6.42 Å². The number of benzene rings is 4. The Morgan fingerprint density at radius 3 is 1.93 bits per heavy atom. The molecule has 0 fully saturated rings. The van der Waals surface area contributed by atoms with Crippen molar-refractivity contribution >= 4 is 0 Å². The summed E-state index contributed by atoms with van der Waals surface area (Å²) in [5, 5.41) is 0. The van der Waals surface area contributed by atoms with Crippen LogP contribution in [0.5, 0.6) is 0 Å². The predicted molar refractivity (Wildman–Crippen MR) is 126 cm³/mol. The van der Waals surface area contributed by atoms with Crippen LogP contribution in [0.2, 0.25) is 0 Å². The Morgan fingerprint density at radius 1 is 0.633 bits per heavy atom. The second-order valence-electron chi connectivity index (χ2n) is 9.09. The summed E-state index contributed by atoms with van der Waals surface area (Å²) in [7, 11) is 0. The zero-order valence-electron chi connectivity index (χ0n) is 17.9. The largest absolute Gasteiger partial charge is 0.0619 e. The number of hydrogen-bond acceptors (Lipinski definition) is 0. The van der Waals surface area contributed by atoms with Gasteiger partial charge in [-0.1, -0.05) is 85.8 Å². The average Bonchev–Trinajstić information content (AvgIpc) is 3.30. The molecule has 0 saturated carbocycles. The van der Waals surface area contributed by atoms with Crippen molar-refractivity contribution in [3.8, 4) is 22.3 Å². The fraction of sp³-hybridized carbons (Fsp3) is 0.200. The van der Waals surface area contributed by atoms with E-state index in [9.17, 15) is 0 Å². The molecule has 1 unspecified atom stereocenters. The third-order valence-electron chi connectivity index (χ3n) is 7.40. The summed E-state index contributed by atoms with van der Waals surface area (Å²) >= 11 is 0. The quantitative estimate of drug-likeness (QED) is 0.290. The van der Waals surface area contributed by atoms with Gasteiger partial charge in [-0.2, -0.15) is 0 Å². The van der Waals surface area contributed by atoms with Gasteiger partial charge in [0.1, 0.15) is 0 Å². The van der Waals surface area contributed by atoms with E-state index >= 15 is 0 Å². The topological polar surface area (TPSA) is 0 Å². The van der Waals surface area contributed by atoms with Gasteiger partial charge in [0.2, 0.25) is 0 Å². The molecule has 0 aliphatic heterocycles. The number of fused-ring (bicyclic) bond motifs is 6. The van der Waals surface area contributed by atoms with E-state index in [2.05, 4.69) is 99.6 Å². The van der Waals surface area contributed by atoms with Crippen molar-refractivity contribution < 1.29 is 0 Å². The third-order valence-corrected chi connectivity index (χ3v) is 7.40. The van der Waals surface area contributed by atoms with E-state index in [1.807, 2.05) is 0 Å². The summed E-state index contributed by atoms with van der Waals surface area (Å²) in [5.74, 6) is 0.848. The van der Waals surface area contributed by atoms with Crippen LogP contribution in [-0.4, -0.2) is 0 Å². The minimum atomic E-state index is 0.416. The molecular weight excluding hydrogens is 360 g/mol. The zero-order chi connectivity index (χ0) is 20.4. The van der Waals surface area contributed by atoms with E-state index in [4.69, 9.17) is 0 Å². The first-order chi connectivity index (χ1) is 14.6. The molecule has 0 saturated heterocycles. The fourth-order valence-electron chi connectivity index (χ4n) is 5.94. The summed E-state index contributed by atoms with van der Waals surface area (Å²) < 4.78 is 0. The van der Waals surface area contributed by atoms with Crippen molar-refractivity contribution in [2.75, 3.05) is 0 Å². The van der Waals surface area contributed by atoms with Gasteiger partial charge in [0.05, 0.1) is 0 Å². The minimum Gasteiger partial charge on any atom is -0.0619 e. The van der Waals surface area contributed by atoms with Crippen molar-refractivity contribution in [3.05, 3.63) is 118 Å². The number of aryl methyl sites for hydroxylation is 2. The van der Waals surface area contributed by atoms with Gasteiger partial charge in [0.25, 0.3) is 0 Å². The van der Waals surface area contributed by atoms with Crippen molar-refractivity contribution in [2.24, 2.45) is 0 Å². The molecule has 0 spiro atoms. The van der Waals surface area contributed by atoms with Gasteiger partial charge >= 0.3 is 0 Å². The maximum Gasteiger partial charge on any atom is 0.0173 e. The SMILES string of the molecule is Cc1cccc2c1C(C(C)c1ccc3c(c1)Cc1ccccc1-3)c1c(C)cccc1-2. The Hall–Kier alpha value is -3.12. The van der Waals surface area contributed by atoms with Gasteiger partial charge in [0, 0.05) is 5.92 Å². The number of rotatable bonds is 2. The van der Waals surface area contributed by atoms with Gasteiger partial charge in [-0.15, -0.1) is 0 Å². The Labute approximate surface area is 179 Å². The molecule has 146 valence electrons. The molecule has 0 heterocycles. The molecule has 0 nitrogen and oxygen atoms in total. The molecule has 2 aliphatic rings. The molecule has 4 aromatic carbocycles. The van der Waals surface area contributed by atoms with Gasteiger partial charge in [-0.3, -0.25) is 0 Å². The average molecular weight is 387 g/mol. The molecule has 2 aliphatic carbocycles. The molecule has 0 aromatic heterocycles. The summed E-state index contributed by atoms with van der Waals surface area (Å²) in [6.45, 7) is 6.98. The van der Waals surface area contributed by atoms with Crippen LogP contribution in [0.4, 0.5) is 0 Å². The summed E-state index contributed by atoms with van der Waals surface area (Å²) in [6.07, 6.45) is 1.06. The second-order valence-corrected chi connectivity index (χ2v) is 9.09. The van der Waals surface area contributed by atoms with E-state index in [0.29, 0.717) is 11.8 Å². The lowest BCUT2D eigenvalue weighted by molar-refractivity contribution is 0.663. The first-order valence-corrected chi connectivity index (χ1v) is 11.0. The molecule has 4 aromatic rings. The highest BCUT2D eigenvalue weighted by Gasteiger charge is 2.35. The van der Waals surface area contributed by atoms with Crippen molar-refractivity contribution in [2.45, 2.75) is 39.0 Å². The van der Waals surface area contributed by atoms with Crippen LogP contribution in [0, 0.1) is 13.8 Å². The molecule has 0 heteroatoms. The number of hydrogen-bond donors (Lipinski definition) is 0. The molecule has 0 bridgehead atoms. The van der Waals surface area contributed by atoms with Gasteiger partial charge in [-0.05, 0) is 87.4 Å². The Balaban J connectivity index is 1.49. The molecule has 1 atom stereocenters. The minimum absolute atomic E-state index is 0.416. The molecule has 0 N–H and O–H groups in total. The van der Waals surface area contributed by atoms with Crippen LogP contribution in [0.1, 0.15) is 57.7 Å². The molecule has 6 rings (SSSR count). The van der Waals surface area contributed by atoms with Crippen LogP contribution >= 0.6 is 0 Å². The molecule has 0 amide bonds. The lowest BCUT2D eigenvalue weighted by atomic mass is 9.78. The smallest absolute Gasteiger partial charge is 0.0173 e. The van der Waals surface area contributed by atoms with E-state index in [1.54, 1.807) is 0 Å². The zero-order valence-corrected chi connectivity index (χ0v) is 17.9. The summed E-state index contributed by atoms with van der Waals surface area (Å²) in [5.41, 5.74) is 16.0. The first kappa shape index (κ1) is 17.7. The third kappa shape index (κ3) is 2.40. The van der Waals surface area contributed by atoms with Gasteiger partial charge < -0.3 is 0 Å². The predicted octanol–water partition coefficient (Wildman–Crippen LogP) is 7.79. The second kappa shape index (κ2) is 6.44. The van der Waals surface area contributed by atoms with Crippen LogP contribution in [0.15, 0.2) is 78.9 Å². The van der Waals surface area contributed by atoms with Crippen LogP contribution in [0.25, 0.3) is 22.3 Å². The van der Waals surface area contributed by atoms with Gasteiger partial charge in [0.15, 0.2) is 0 Å². The highest BCUT2D eigenvalue weighted by atomic mass is 14.4. The maximum atomic E-state index is 2.48. The first-order valence-electron chi connectivity index (χ1n) is 11.0. The van der Waals surface area contributed by atoms with Crippen molar-refractivity contribution in [3.63, 3.8) is 0 Å². The van der Waals surface area contributed by atoms with E-state index < -0.39 is 0 Å². The Bertz CT molecular complexity index is 1260.